The second-order valence-electron chi connectivity index (χ2n) is 3.79. The van der Waals surface area contributed by atoms with E-state index in [-0.39, 0.29) is 0 Å². The van der Waals surface area contributed by atoms with Gasteiger partial charge in [0.15, 0.2) is 0 Å². The topological polar surface area (TPSA) is 45.0 Å². The van der Waals surface area contributed by atoms with Crippen molar-refractivity contribution in [1.29, 1.82) is 5.26 Å². The Labute approximate surface area is 103 Å². The number of alkyl halides is 3. The molecule has 98 valence electrons. The molecule has 0 aromatic heterocycles. The molecule has 0 spiro atoms. The monoisotopic (exact) mass is 258 g/mol. The Morgan fingerprint density at radius 1 is 1.44 bits per heavy atom. The second kappa shape index (κ2) is 5.74. The Morgan fingerprint density at radius 3 is 2.56 bits per heavy atom. The molecule has 0 saturated carbocycles. The van der Waals surface area contributed by atoms with Crippen molar-refractivity contribution in [2.75, 3.05) is 13.7 Å². The minimum absolute atomic E-state index is 0.486. The maximum Gasteiger partial charge on any atom is 0.401 e. The molecule has 0 aliphatic carbocycles. The molecule has 0 aliphatic heterocycles. The zero-order valence-electron chi connectivity index (χ0n) is 10.0. The summed E-state index contributed by atoms with van der Waals surface area (Å²) < 4.78 is 41.3. The number of nitriles is 1. The molecule has 1 atom stereocenters. The van der Waals surface area contributed by atoms with Crippen LogP contribution in [-0.4, -0.2) is 19.8 Å². The van der Waals surface area contributed by atoms with Gasteiger partial charge in [0.2, 0.25) is 0 Å². The van der Waals surface area contributed by atoms with Gasteiger partial charge in [0.05, 0.1) is 19.7 Å². The van der Waals surface area contributed by atoms with Crippen molar-refractivity contribution in [3.63, 3.8) is 0 Å². The van der Waals surface area contributed by atoms with Crippen LogP contribution in [0.2, 0.25) is 0 Å². The van der Waals surface area contributed by atoms with Crippen LogP contribution in [0.25, 0.3) is 0 Å². The molecular weight excluding hydrogens is 245 g/mol. The van der Waals surface area contributed by atoms with Gasteiger partial charge in [-0.2, -0.15) is 18.4 Å². The first-order valence-corrected chi connectivity index (χ1v) is 5.21. The van der Waals surface area contributed by atoms with E-state index in [1.807, 2.05) is 0 Å². The Balaban J connectivity index is 2.83. The highest BCUT2D eigenvalue weighted by atomic mass is 19.4. The predicted octanol–water partition coefficient (Wildman–Crippen LogP) is 2.72. The van der Waals surface area contributed by atoms with Gasteiger partial charge in [0.25, 0.3) is 0 Å². The molecule has 1 unspecified atom stereocenters. The van der Waals surface area contributed by atoms with Crippen LogP contribution in [0, 0.1) is 18.3 Å². The van der Waals surface area contributed by atoms with E-state index in [1.165, 1.54) is 7.11 Å². The smallest absolute Gasteiger partial charge is 0.401 e. The van der Waals surface area contributed by atoms with Crippen molar-refractivity contribution in [2.24, 2.45) is 0 Å². The summed E-state index contributed by atoms with van der Waals surface area (Å²) >= 11 is 0. The molecule has 0 aliphatic rings. The maximum absolute atomic E-state index is 12.1. The van der Waals surface area contributed by atoms with Gasteiger partial charge in [-0.05, 0) is 30.2 Å². The van der Waals surface area contributed by atoms with Crippen LogP contribution in [0.4, 0.5) is 13.2 Å². The van der Waals surface area contributed by atoms with E-state index in [1.54, 1.807) is 31.2 Å². The largest absolute Gasteiger partial charge is 0.496 e. The van der Waals surface area contributed by atoms with Gasteiger partial charge < -0.3 is 4.74 Å². The number of hydrogen-bond acceptors (Lipinski definition) is 3. The van der Waals surface area contributed by atoms with Crippen LogP contribution in [0.15, 0.2) is 18.2 Å². The molecule has 0 fully saturated rings. The third kappa shape index (κ3) is 3.93. The first-order chi connectivity index (χ1) is 8.37. The number of halogens is 3. The molecule has 1 rings (SSSR count). The summed E-state index contributed by atoms with van der Waals surface area (Å²) in [5, 5.41) is 11.0. The highest BCUT2D eigenvalue weighted by Gasteiger charge is 2.28. The lowest BCUT2D eigenvalue weighted by Gasteiger charge is -2.15. The summed E-state index contributed by atoms with van der Waals surface area (Å²) in [4.78, 5) is 0. The zero-order valence-corrected chi connectivity index (χ0v) is 10.0. The number of methoxy groups -OCH3 is 1. The van der Waals surface area contributed by atoms with Gasteiger partial charge in [-0.1, -0.05) is 6.07 Å². The molecule has 1 N–H and O–H groups in total. The highest BCUT2D eigenvalue weighted by molar-refractivity contribution is 5.38. The minimum Gasteiger partial charge on any atom is -0.496 e. The van der Waals surface area contributed by atoms with Crippen LogP contribution in [0.5, 0.6) is 5.75 Å². The normalized spacial score (nSPS) is 12.9. The Hall–Kier alpha value is -1.74. The average molecular weight is 258 g/mol. The summed E-state index contributed by atoms with van der Waals surface area (Å²) in [5.41, 5.74) is 1.25. The van der Waals surface area contributed by atoms with Crippen molar-refractivity contribution < 1.29 is 17.9 Å². The summed E-state index contributed by atoms with van der Waals surface area (Å²) in [5.74, 6) is 0.631. The quantitative estimate of drug-likeness (QED) is 0.903. The van der Waals surface area contributed by atoms with Gasteiger partial charge in [-0.15, -0.1) is 0 Å². The number of rotatable bonds is 4. The number of nitrogens with one attached hydrogen (secondary N) is 1. The molecule has 0 amide bonds. The fourth-order valence-electron chi connectivity index (χ4n) is 1.54. The van der Waals surface area contributed by atoms with Crippen LogP contribution in [0.3, 0.4) is 0 Å². The lowest BCUT2D eigenvalue weighted by Crippen LogP contribution is -2.31. The van der Waals surface area contributed by atoms with Crippen molar-refractivity contribution in [3.8, 4) is 11.8 Å². The van der Waals surface area contributed by atoms with Gasteiger partial charge in [-0.3, -0.25) is 5.32 Å². The van der Waals surface area contributed by atoms with Gasteiger partial charge in [-0.25, -0.2) is 0 Å². The first kappa shape index (κ1) is 14.3. The molecular formula is C12H13F3N2O. The lowest BCUT2D eigenvalue weighted by molar-refractivity contribution is -0.125. The van der Waals surface area contributed by atoms with E-state index >= 15 is 0 Å². The average Bonchev–Trinajstić information content (AvgIpc) is 2.28. The summed E-state index contributed by atoms with van der Waals surface area (Å²) in [6, 6.07) is 5.65. The van der Waals surface area contributed by atoms with Crippen molar-refractivity contribution >= 4 is 0 Å². The molecule has 3 nitrogen and oxygen atoms in total. The van der Waals surface area contributed by atoms with Crippen molar-refractivity contribution in [2.45, 2.75) is 19.1 Å². The fourth-order valence-corrected chi connectivity index (χ4v) is 1.54. The molecule has 1 aromatic rings. The lowest BCUT2D eigenvalue weighted by atomic mass is 10.0. The summed E-state index contributed by atoms with van der Waals surface area (Å²) in [7, 11) is 1.51. The van der Waals surface area contributed by atoms with E-state index in [0.29, 0.717) is 11.3 Å². The molecule has 18 heavy (non-hydrogen) atoms. The number of hydrogen-bond donors (Lipinski definition) is 1. The van der Waals surface area contributed by atoms with Gasteiger partial charge >= 0.3 is 6.18 Å². The molecule has 0 heterocycles. The molecule has 0 bridgehead atoms. The van der Waals surface area contributed by atoms with Crippen LogP contribution >= 0.6 is 0 Å². The van der Waals surface area contributed by atoms with Crippen molar-refractivity contribution in [1.82, 2.24) is 5.32 Å². The van der Waals surface area contributed by atoms with E-state index < -0.39 is 18.8 Å². The van der Waals surface area contributed by atoms with Crippen LogP contribution < -0.4 is 10.1 Å². The van der Waals surface area contributed by atoms with E-state index in [4.69, 9.17) is 10.00 Å². The maximum atomic E-state index is 12.1. The predicted molar refractivity (Wildman–Crippen MR) is 60.1 cm³/mol. The van der Waals surface area contributed by atoms with Gasteiger partial charge in [0, 0.05) is 0 Å². The molecule has 1 aromatic carbocycles. The van der Waals surface area contributed by atoms with Crippen LogP contribution in [-0.2, 0) is 0 Å². The third-order valence-electron chi connectivity index (χ3n) is 2.39. The van der Waals surface area contributed by atoms with E-state index in [0.717, 1.165) is 5.56 Å². The SMILES string of the molecule is COc1ccc(C(C#N)NCC(F)(F)F)cc1C. The standard InChI is InChI=1S/C12H13F3N2O/c1-8-5-9(3-4-11(8)18-2)10(6-16)17-7-12(13,14)15/h3-5,10,17H,7H2,1-2H3. The number of ether oxygens (including phenoxy) is 1. The minimum atomic E-state index is -4.34. The number of aryl methyl sites for hydroxylation is 1. The Bertz CT molecular complexity index is 452. The third-order valence-corrected chi connectivity index (χ3v) is 2.39. The van der Waals surface area contributed by atoms with E-state index in [2.05, 4.69) is 5.32 Å². The Kier molecular flexibility index (Phi) is 4.56. The van der Waals surface area contributed by atoms with Crippen LogP contribution in [0.1, 0.15) is 17.2 Å². The number of benzene rings is 1. The highest BCUT2D eigenvalue weighted by Crippen LogP contribution is 2.23. The molecule has 0 saturated heterocycles. The second-order valence-corrected chi connectivity index (χ2v) is 3.79. The first-order valence-electron chi connectivity index (χ1n) is 5.21. The Morgan fingerprint density at radius 2 is 2.11 bits per heavy atom. The number of nitrogens with zero attached hydrogens (tertiary/aromatic N) is 1. The summed E-state index contributed by atoms with van der Waals surface area (Å²) in [6.45, 7) is 0.566. The van der Waals surface area contributed by atoms with E-state index in [9.17, 15) is 13.2 Å². The molecule has 0 radical (unpaired) electrons. The molecule has 6 heteroatoms. The summed E-state index contributed by atoms with van der Waals surface area (Å²) in [6.07, 6.45) is -4.34. The van der Waals surface area contributed by atoms with Crippen molar-refractivity contribution in [3.05, 3.63) is 29.3 Å². The fraction of sp³-hybridized carbons (Fsp3) is 0.417. The van der Waals surface area contributed by atoms with Gasteiger partial charge in [0.1, 0.15) is 11.8 Å². The zero-order chi connectivity index (χ0) is 13.8.